The predicted molar refractivity (Wildman–Crippen MR) is 69.4 cm³/mol. The standard InChI is InChI=1S/C13H17F3N2O2/c14-13(15,16)10-20-9-6-12(19)18-8-7-17-11-4-2-1-3-5-11/h1-5,17H,6-10H2,(H,18,19). The Morgan fingerprint density at radius 1 is 1.15 bits per heavy atom. The number of para-hydroxylation sites is 1. The Morgan fingerprint density at radius 3 is 2.50 bits per heavy atom. The van der Waals surface area contributed by atoms with E-state index in [0.29, 0.717) is 13.1 Å². The first-order valence-electron chi connectivity index (χ1n) is 6.17. The van der Waals surface area contributed by atoms with E-state index in [1.165, 1.54) is 0 Å². The van der Waals surface area contributed by atoms with Gasteiger partial charge < -0.3 is 15.4 Å². The maximum atomic E-state index is 11.8. The molecular weight excluding hydrogens is 273 g/mol. The van der Waals surface area contributed by atoms with Crippen molar-refractivity contribution in [1.82, 2.24) is 5.32 Å². The molecule has 1 aromatic rings. The molecule has 0 aromatic heterocycles. The quantitative estimate of drug-likeness (QED) is 0.722. The Kier molecular flexibility index (Phi) is 6.86. The number of carbonyl (C=O) groups excluding carboxylic acids is 1. The topological polar surface area (TPSA) is 50.4 Å². The Bertz CT molecular complexity index is 396. The molecule has 0 saturated heterocycles. The summed E-state index contributed by atoms with van der Waals surface area (Å²) in [4.78, 5) is 11.3. The molecule has 0 unspecified atom stereocenters. The molecule has 0 aliphatic carbocycles. The van der Waals surface area contributed by atoms with Crippen molar-refractivity contribution >= 4 is 11.6 Å². The van der Waals surface area contributed by atoms with Gasteiger partial charge in [0.2, 0.25) is 5.91 Å². The van der Waals surface area contributed by atoms with Crippen molar-refractivity contribution in [2.24, 2.45) is 0 Å². The van der Waals surface area contributed by atoms with Gasteiger partial charge in [0.25, 0.3) is 0 Å². The number of hydrogen-bond donors (Lipinski definition) is 2. The average Bonchev–Trinajstić information content (AvgIpc) is 2.40. The van der Waals surface area contributed by atoms with E-state index in [2.05, 4.69) is 15.4 Å². The van der Waals surface area contributed by atoms with Gasteiger partial charge in [-0.05, 0) is 12.1 Å². The van der Waals surface area contributed by atoms with Gasteiger partial charge in [-0.25, -0.2) is 0 Å². The first-order valence-corrected chi connectivity index (χ1v) is 6.17. The number of anilines is 1. The van der Waals surface area contributed by atoms with E-state index in [0.717, 1.165) is 5.69 Å². The van der Waals surface area contributed by atoms with Crippen molar-refractivity contribution in [3.05, 3.63) is 30.3 Å². The van der Waals surface area contributed by atoms with E-state index in [-0.39, 0.29) is 18.9 Å². The van der Waals surface area contributed by atoms with Crippen LogP contribution in [0.5, 0.6) is 0 Å². The second-order valence-corrected chi connectivity index (χ2v) is 4.06. The van der Waals surface area contributed by atoms with Crippen LogP contribution >= 0.6 is 0 Å². The smallest absolute Gasteiger partial charge is 0.383 e. The van der Waals surface area contributed by atoms with Crippen LogP contribution in [0.2, 0.25) is 0 Å². The van der Waals surface area contributed by atoms with E-state index in [1.807, 2.05) is 30.3 Å². The molecular formula is C13H17F3N2O2. The summed E-state index contributed by atoms with van der Waals surface area (Å²) in [7, 11) is 0. The normalized spacial score (nSPS) is 11.2. The molecule has 0 spiro atoms. The largest absolute Gasteiger partial charge is 0.411 e. The Hall–Kier alpha value is -1.76. The van der Waals surface area contributed by atoms with Crippen molar-refractivity contribution in [1.29, 1.82) is 0 Å². The maximum absolute atomic E-state index is 11.8. The summed E-state index contributed by atoms with van der Waals surface area (Å²) in [5, 5.41) is 5.68. The monoisotopic (exact) mass is 290 g/mol. The molecule has 20 heavy (non-hydrogen) atoms. The van der Waals surface area contributed by atoms with Crippen LogP contribution in [0.1, 0.15) is 6.42 Å². The lowest BCUT2D eigenvalue weighted by Crippen LogP contribution is -2.30. The number of carbonyl (C=O) groups is 1. The van der Waals surface area contributed by atoms with Crippen LogP contribution in [0.3, 0.4) is 0 Å². The fourth-order valence-corrected chi connectivity index (χ4v) is 1.41. The van der Waals surface area contributed by atoms with Crippen molar-refractivity contribution in [3.8, 4) is 0 Å². The van der Waals surface area contributed by atoms with Crippen molar-refractivity contribution in [2.45, 2.75) is 12.6 Å². The Balaban J connectivity index is 2.00. The lowest BCUT2D eigenvalue weighted by molar-refractivity contribution is -0.174. The SMILES string of the molecule is O=C(CCOCC(F)(F)F)NCCNc1ccccc1. The summed E-state index contributed by atoms with van der Waals surface area (Å²) < 4.78 is 39.6. The Labute approximate surface area is 115 Å². The predicted octanol–water partition coefficient (Wildman–Crippen LogP) is 2.18. The number of halogens is 3. The third kappa shape index (κ3) is 8.36. The average molecular weight is 290 g/mol. The van der Waals surface area contributed by atoms with Crippen LogP contribution in [-0.2, 0) is 9.53 Å². The molecule has 0 radical (unpaired) electrons. The second kappa shape index (κ2) is 8.42. The summed E-state index contributed by atoms with van der Waals surface area (Å²) in [6.45, 7) is -0.626. The highest BCUT2D eigenvalue weighted by atomic mass is 19.4. The molecule has 1 amide bonds. The second-order valence-electron chi connectivity index (χ2n) is 4.06. The van der Waals surface area contributed by atoms with Gasteiger partial charge >= 0.3 is 6.18 Å². The molecule has 0 aliphatic heterocycles. The van der Waals surface area contributed by atoms with Gasteiger partial charge in [0.15, 0.2) is 0 Å². The molecule has 0 aliphatic rings. The van der Waals surface area contributed by atoms with Gasteiger partial charge in [-0.1, -0.05) is 18.2 Å². The van der Waals surface area contributed by atoms with Crippen LogP contribution < -0.4 is 10.6 Å². The molecule has 7 heteroatoms. The van der Waals surface area contributed by atoms with E-state index in [1.54, 1.807) is 0 Å². The van der Waals surface area contributed by atoms with Crippen LogP contribution in [0.15, 0.2) is 30.3 Å². The van der Waals surface area contributed by atoms with Gasteiger partial charge in [-0.15, -0.1) is 0 Å². The third-order valence-electron chi connectivity index (χ3n) is 2.29. The van der Waals surface area contributed by atoms with Crippen LogP contribution in [0.25, 0.3) is 0 Å². The molecule has 1 rings (SSSR count). The molecule has 0 fully saturated rings. The summed E-state index contributed by atoms with van der Waals surface area (Å²) in [6, 6.07) is 9.46. The maximum Gasteiger partial charge on any atom is 0.411 e. The van der Waals surface area contributed by atoms with Crippen molar-refractivity contribution in [2.75, 3.05) is 31.6 Å². The molecule has 1 aromatic carbocycles. The molecule has 2 N–H and O–H groups in total. The molecule has 0 atom stereocenters. The van der Waals surface area contributed by atoms with E-state index in [4.69, 9.17) is 0 Å². The highest BCUT2D eigenvalue weighted by Crippen LogP contribution is 2.14. The van der Waals surface area contributed by atoms with Gasteiger partial charge in [0.1, 0.15) is 6.61 Å². The molecule has 112 valence electrons. The van der Waals surface area contributed by atoms with E-state index < -0.39 is 12.8 Å². The van der Waals surface area contributed by atoms with Gasteiger partial charge in [0.05, 0.1) is 6.61 Å². The zero-order chi connectivity index (χ0) is 14.8. The van der Waals surface area contributed by atoms with Crippen molar-refractivity contribution < 1.29 is 22.7 Å². The highest BCUT2D eigenvalue weighted by molar-refractivity contribution is 5.75. The zero-order valence-corrected chi connectivity index (χ0v) is 10.9. The number of ether oxygens (including phenoxy) is 1. The van der Waals surface area contributed by atoms with Gasteiger partial charge in [-0.2, -0.15) is 13.2 Å². The van der Waals surface area contributed by atoms with Crippen LogP contribution in [0.4, 0.5) is 18.9 Å². The first-order chi connectivity index (χ1) is 9.47. The van der Waals surface area contributed by atoms with Crippen LogP contribution in [-0.4, -0.2) is 38.4 Å². The summed E-state index contributed by atoms with van der Waals surface area (Å²) >= 11 is 0. The molecule has 4 nitrogen and oxygen atoms in total. The number of alkyl halides is 3. The Morgan fingerprint density at radius 2 is 1.85 bits per heavy atom. The minimum absolute atomic E-state index is 0.0819. The molecule has 0 heterocycles. The minimum atomic E-state index is -4.35. The van der Waals surface area contributed by atoms with Gasteiger partial charge in [0, 0.05) is 25.2 Å². The minimum Gasteiger partial charge on any atom is -0.383 e. The summed E-state index contributed by atoms with van der Waals surface area (Å²) in [5.74, 6) is -0.331. The van der Waals surface area contributed by atoms with E-state index >= 15 is 0 Å². The number of benzene rings is 1. The summed E-state index contributed by atoms with van der Waals surface area (Å²) in [6.07, 6.45) is -4.43. The fraction of sp³-hybridized carbons (Fsp3) is 0.462. The number of rotatable bonds is 8. The van der Waals surface area contributed by atoms with Crippen molar-refractivity contribution in [3.63, 3.8) is 0 Å². The molecule has 0 saturated carbocycles. The van der Waals surface area contributed by atoms with Crippen LogP contribution in [0, 0.1) is 0 Å². The third-order valence-corrected chi connectivity index (χ3v) is 2.29. The highest BCUT2D eigenvalue weighted by Gasteiger charge is 2.27. The lowest BCUT2D eigenvalue weighted by atomic mass is 10.3. The van der Waals surface area contributed by atoms with E-state index in [9.17, 15) is 18.0 Å². The fourth-order valence-electron chi connectivity index (χ4n) is 1.41. The van der Waals surface area contributed by atoms with Gasteiger partial charge in [-0.3, -0.25) is 4.79 Å². The number of hydrogen-bond acceptors (Lipinski definition) is 3. The first kappa shape index (κ1) is 16.3. The molecule has 0 bridgehead atoms. The number of nitrogens with one attached hydrogen (secondary N) is 2. The number of amides is 1. The summed E-state index contributed by atoms with van der Waals surface area (Å²) in [5.41, 5.74) is 0.940. The lowest BCUT2D eigenvalue weighted by Gasteiger charge is -2.09. The zero-order valence-electron chi connectivity index (χ0n) is 10.9.